The van der Waals surface area contributed by atoms with Crippen molar-refractivity contribution in [3.05, 3.63) is 35.5 Å². The van der Waals surface area contributed by atoms with Gasteiger partial charge in [-0.2, -0.15) is 9.71 Å². The molecule has 1 aliphatic carbocycles. The van der Waals surface area contributed by atoms with Gasteiger partial charge in [-0.3, -0.25) is 4.79 Å². The minimum atomic E-state index is -3.75. The number of fused-ring (bicyclic) bond motifs is 1. The van der Waals surface area contributed by atoms with Gasteiger partial charge in [0.25, 0.3) is 0 Å². The fourth-order valence-corrected chi connectivity index (χ4v) is 4.90. The van der Waals surface area contributed by atoms with Crippen LogP contribution in [0.3, 0.4) is 0 Å². The number of nitrogens with one attached hydrogen (secondary N) is 2. The second-order valence-corrected chi connectivity index (χ2v) is 8.90. The summed E-state index contributed by atoms with van der Waals surface area (Å²) in [5, 5.41) is 6.77. The summed E-state index contributed by atoms with van der Waals surface area (Å²) in [7, 11) is -3.75. The predicted octanol–water partition coefficient (Wildman–Crippen LogP) is 2.65. The Labute approximate surface area is 157 Å². The van der Waals surface area contributed by atoms with Gasteiger partial charge in [-0.25, -0.2) is 8.42 Å². The van der Waals surface area contributed by atoms with Gasteiger partial charge >= 0.3 is 0 Å². The lowest BCUT2D eigenvalue weighted by Crippen LogP contribution is -2.27. The van der Waals surface area contributed by atoms with Crippen LogP contribution in [0.2, 0.25) is 0 Å². The Bertz CT molecular complexity index is 963. The smallest absolute Gasteiger partial charge is 0.244 e. The molecule has 9 heteroatoms. The number of sulfonamides is 1. The summed E-state index contributed by atoms with van der Waals surface area (Å²) >= 11 is 0. The first-order valence-corrected chi connectivity index (χ1v) is 10.7. The zero-order valence-corrected chi connectivity index (χ0v) is 15.9. The lowest BCUT2D eigenvalue weighted by atomic mass is 10.0. The molecule has 2 N–H and O–H groups in total. The molecule has 8 nitrogen and oxygen atoms in total. The first kappa shape index (κ1) is 18.1. The van der Waals surface area contributed by atoms with Gasteiger partial charge in [0.1, 0.15) is 0 Å². The van der Waals surface area contributed by atoms with Crippen LogP contribution in [0.25, 0.3) is 0 Å². The number of aromatic nitrogens is 2. The normalized spacial score (nSPS) is 18.9. The summed E-state index contributed by atoms with van der Waals surface area (Å²) in [6.45, 7) is 1.68. The van der Waals surface area contributed by atoms with Gasteiger partial charge in [-0.05, 0) is 49.9 Å². The van der Waals surface area contributed by atoms with Crippen molar-refractivity contribution < 1.29 is 17.7 Å². The van der Waals surface area contributed by atoms with E-state index in [9.17, 15) is 13.2 Å². The zero-order valence-electron chi connectivity index (χ0n) is 15.1. The minimum absolute atomic E-state index is 0.0562. The zero-order chi connectivity index (χ0) is 19.0. The van der Waals surface area contributed by atoms with Crippen molar-refractivity contribution in [1.82, 2.24) is 14.9 Å². The van der Waals surface area contributed by atoms with E-state index in [4.69, 9.17) is 4.52 Å². The van der Waals surface area contributed by atoms with E-state index < -0.39 is 16.1 Å². The number of anilines is 1. The first-order chi connectivity index (χ1) is 12.9. The predicted molar refractivity (Wildman–Crippen MR) is 97.6 cm³/mol. The summed E-state index contributed by atoms with van der Waals surface area (Å²) in [4.78, 5) is 16.0. The third kappa shape index (κ3) is 3.74. The average Bonchev–Trinajstić information content (AvgIpc) is 3.32. The highest BCUT2D eigenvalue weighted by atomic mass is 32.2. The SMILES string of the molecule is C[C@@H](NS(=O)(=O)c1ccc2c(c1)CCC(=O)N2)c1nc(C2CCCC2)no1. The molecule has 2 aliphatic rings. The van der Waals surface area contributed by atoms with Crippen molar-refractivity contribution in [2.45, 2.75) is 62.3 Å². The molecule has 0 saturated heterocycles. The lowest BCUT2D eigenvalue weighted by Gasteiger charge is -2.18. The molecule has 1 saturated carbocycles. The third-order valence-electron chi connectivity index (χ3n) is 5.16. The molecule has 0 radical (unpaired) electrons. The van der Waals surface area contributed by atoms with Crippen molar-refractivity contribution in [3.63, 3.8) is 0 Å². The van der Waals surface area contributed by atoms with E-state index in [1.165, 1.54) is 6.07 Å². The Kier molecular flexibility index (Phi) is 4.73. The number of carbonyl (C=O) groups excluding carboxylic acids is 1. The second kappa shape index (κ2) is 7.05. The van der Waals surface area contributed by atoms with E-state index in [2.05, 4.69) is 20.2 Å². The minimum Gasteiger partial charge on any atom is -0.338 e. The molecule has 27 heavy (non-hydrogen) atoms. The number of aryl methyl sites for hydroxylation is 1. The highest BCUT2D eigenvalue weighted by Gasteiger charge is 2.27. The van der Waals surface area contributed by atoms with Crippen molar-refractivity contribution in [2.75, 3.05) is 5.32 Å². The number of benzene rings is 1. The number of amides is 1. The summed E-state index contributed by atoms with van der Waals surface area (Å²) in [5.74, 6) is 1.19. The first-order valence-electron chi connectivity index (χ1n) is 9.21. The molecule has 1 aromatic heterocycles. The van der Waals surface area contributed by atoms with E-state index in [0.29, 0.717) is 30.3 Å². The van der Waals surface area contributed by atoms with E-state index in [1.807, 2.05) is 0 Å². The highest BCUT2D eigenvalue weighted by molar-refractivity contribution is 7.89. The van der Waals surface area contributed by atoms with Crippen LogP contribution in [-0.2, 0) is 21.2 Å². The Hall–Kier alpha value is -2.26. The number of hydrogen-bond donors (Lipinski definition) is 2. The standard InChI is InChI=1S/C18H22N4O4S/c1-11(18-20-17(21-26-18)12-4-2-3-5-12)22-27(24,25)14-7-8-15-13(10-14)6-9-16(23)19-15/h7-8,10-12,22H,2-6,9H2,1H3,(H,19,23)/t11-/m1/s1. The molecule has 2 aromatic rings. The molecular weight excluding hydrogens is 368 g/mol. The van der Waals surface area contributed by atoms with Gasteiger partial charge in [0, 0.05) is 18.0 Å². The number of carbonyl (C=O) groups is 1. The third-order valence-corrected chi connectivity index (χ3v) is 6.70. The molecule has 2 heterocycles. The van der Waals surface area contributed by atoms with E-state index >= 15 is 0 Å². The second-order valence-electron chi connectivity index (χ2n) is 7.18. The molecule has 0 bridgehead atoms. The van der Waals surface area contributed by atoms with Gasteiger partial charge in [0.2, 0.25) is 21.8 Å². The highest BCUT2D eigenvalue weighted by Crippen LogP contribution is 2.33. The quantitative estimate of drug-likeness (QED) is 0.811. The fourth-order valence-electron chi connectivity index (χ4n) is 3.65. The summed E-state index contributed by atoms with van der Waals surface area (Å²) in [6, 6.07) is 4.07. The van der Waals surface area contributed by atoms with Crippen molar-refractivity contribution in [1.29, 1.82) is 0 Å². The van der Waals surface area contributed by atoms with Crippen molar-refractivity contribution in [3.8, 4) is 0 Å². The Morgan fingerprint density at radius 2 is 2.04 bits per heavy atom. The molecule has 1 fully saturated rings. The lowest BCUT2D eigenvalue weighted by molar-refractivity contribution is -0.116. The summed E-state index contributed by atoms with van der Waals surface area (Å²) in [5.41, 5.74) is 1.47. The maximum atomic E-state index is 12.7. The van der Waals surface area contributed by atoms with Crippen LogP contribution in [0.4, 0.5) is 5.69 Å². The monoisotopic (exact) mass is 390 g/mol. The fraction of sp³-hybridized carbons (Fsp3) is 0.500. The summed E-state index contributed by atoms with van der Waals surface area (Å²) in [6.07, 6.45) is 5.29. The van der Waals surface area contributed by atoms with Crippen molar-refractivity contribution in [2.24, 2.45) is 0 Å². The van der Waals surface area contributed by atoms with Gasteiger partial charge in [0.15, 0.2) is 5.82 Å². The van der Waals surface area contributed by atoms with Crippen LogP contribution in [0.15, 0.2) is 27.6 Å². The van der Waals surface area contributed by atoms with Crippen LogP contribution < -0.4 is 10.0 Å². The molecular formula is C18H22N4O4S. The van der Waals surface area contributed by atoms with Gasteiger partial charge in [0.05, 0.1) is 10.9 Å². The topological polar surface area (TPSA) is 114 Å². The van der Waals surface area contributed by atoms with Crippen LogP contribution in [-0.4, -0.2) is 24.5 Å². The Morgan fingerprint density at radius 3 is 2.81 bits per heavy atom. The molecule has 0 unspecified atom stereocenters. The summed E-state index contributed by atoms with van der Waals surface area (Å²) < 4.78 is 33.4. The molecule has 4 rings (SSSR count). The van der Waals surface area contributed by atoms with Crippen LogP contribution in [0.5, 0.6) is 0 Å². The maximum Gasteiger partial charge on any atom is 0.244 e. The van der Waals surface area contributed by atoms with E-state index in [1.54, 1.807) is 19.1 Å². The molecule has 0 spiro atoms. The van der Waals surface area contributed by atoms with Crippen LogP contribution >= 0.6 is 0 Å². The van der Waals surface area contributed by atoms with Gasteiger partial charge in [-0.1, -0.05) is 18.0 Å². The number of nitrogens with zero attached hydrogens (tertiary/aromatic N) is 2. The molecule has 1 aromatic carbocycles. The van der Waals surface area contributed by atoms with Gasteiger partial charge in [-0.15, -0.1) is 0 Å². The number of hydrogen-bond acceptors (Lipinski definition) is 6. The van der Waals surface area contributed by atoms with Crippen molar-refractivity contribution >= 4 is 21.6 Å². The molecule has 1 atom stereocenters. The van der Waals surface area contributed by atoms with Crippen LogP contribution in [0.1, 0.15) is 68.3 Å². The molecule has 144 valence electrons. The molecule has 1 aliphatic heterocycles. The van der Waals surface area contributed by atoms with E-state index in [-0.39, 0.29) is 16.7 Å². The van der Waals surface area contributed by atoms with Crippen LogP contribution in [0, 0.1) is 0 Å². The van der Waals surface area contributed by atoms with E-state index in [0.717, 1.165) is 31.2 Å². The number of rotatable bonds is 5. The Morgan fingerprint density at radius 1 is 1.26 bits per heavy atom. The molecule has 1 amide bonds. The van der Waals surface area contributed by atoms with Gasteiger partial charge < -0.3 is 9.84 Å². The largest absolute Gasteiger partial charge is 0.338 e. The average molecular weight is 390 g/mol. The Balaban J connectivity index is 1.50. The maximum absolute atomic E-state index is 12.7.